The maximum absolute atomic E-state index is 12.2. The zero-order chi connectivity index (χ0) is 16.4. The van der Waals surface area contributed by atoms with Crippen LogP contribution in [0.1, 0.15) is 64.7 Å². The van der Waals surface area contributed by atoms with Crippen LogP contribution in [0.4, 0.5) is 0 Å². The van der Waals surface area contributed by atoms with E-state index in [1.54, 1.807) is 4.31 Å². The molecule has 0 N–H and O–H groups in total. The van der Waals surface area contributed by atoms with E-state index in [1.165, 1.54) is 0 Å². The van der Waals surface area contributed by atoms with Crippen molar-refractivity contribution in [3.8, 4) is 0 Å². The number of sulfonamides is 1. The Kier molecular flexibility index (Phi) is 5.27. The molecule has 0 aliphatic carbocycles. The first-order chi connectivity index (χ1) is 10.2. The standard InChI is InChI=1S/C15H27N3O3S/c1-5-9-22(19,20)18-8-6-7-12(11-18)14-17-16-13(21-14)10-15(2,3)4/h12H,5-11H2,1-4H3. The topological polar surface area (TPSA) is 76.3 Å². The molecule has 0 bridgehead atoms. The summed E-state index contributed by atoms with van der Waals surface area (Å²) in [6.45, 7) is 9.31. The maximum Gasteiger partial charge on any atom is 0.220 e. The Morgan fingerprint density at radius 2 is 2.05 bits per heavy atom. The van der Waals surface area contributed by atoms with Crippen LogP contribution in [0.2, 0.25) is 0 Å². The molecule has 6 nitrogen and oxygen atoms in total. The van der Waals surface area contributed by atoms with Crippen LogP contribution < -0.4 is 0 Å². The second kappa shape index (κ2) is 6.66. The van der Waals surface area contributed by atoms with Gasteiger partial charge in [0, 0.05) is 19.5 Å². The summed E-state index contributed by atoms with van der Waals surface area (Å²) in [4.78, 5) is 0. The summed E-state index contributed by atoms with van der Waals surface area (Å²) < 4.78 is 31.8. The highest BCUT2D eigenvalue weighted by Crippen LogP contribution is 2.29. The van der Waals surface area contributed by atoms with Gasteiger partial charge < -0.3 is 4.42 Å². The number of aromatic nitrogens is 2. The van der Waals surface area contributed by atoms with Crippen molar-refractivity contribution in [3.05, 3.63) is 11.8 Å². The van der Waals surface area contributed by atoms with E-state index in [0.717, 1.165) is 19.3 Å². The molecule has 1 aliphatic heterocycles. The minimum Gasteiger partial charge on any atom is -0.425 e. The highest BCUT2D eigenvalue weighted by atomic mass is 32.2. The number of hydrogen-bond acceptors (Lipinski definition) is 5. The van der Waals surface area contributed by atoms with Gasteiger partial charge in [0.15, 0.2) is 0 Å². The lowest BCUT2D eigenvalue weighted by molar-refractivity contribution is 0.274. The monoisotopic (exact) mass is 329 g/mol. The summed E-state index contributed by atoms with van der Waals surface area (Å²) in [5.41, 5.74) is 0.0901. The van der Waals surface area contributed by atoms with Crippen molar-refractivity contribution in [3.63, 3.8) is 0 Å². The predicted molar refractivity (Wildman–Crippen MR) is 85.1 cm³/mol. The Labute approximate surface area is 133 Å². The first-order valence-electron chi connectivity index (χ1n) is 8.01. The third kappa shape index (κ3) is 4.52. The van der Waals surface area contributed by atoms with Crippen molar-refractivity contribution < 1.29 is 12.8 Å². The van der Waals surface area contributed by atoms with Crippen LogP contribution in [0.25, 0.3) is 0 Å². The van der Waals surface area contributed by atoms with Crippen LogP contribution in [0.15, 0.2) is 4.42 Å². The van der Waals surface area contributed by atoms with Crippen LogP contribution >= 0.6 is 0 Å². The molecule has 1 aromatic rings. The lowest BCUT2D eigenvalue weighted by Crippen LogP contribution is -2.40. The number of nitrogens with zero attached hydrogens (tertiary/aromatic N) is 3. The van der Waals surface area contributed by atoms with Crippen molar-refractivity contribution in [2.24, 2.45) is 5.41 Å². The van der Waals surface area contributed by atoms with E-state index in [1.807, 2.05) is 6.92 Å². The van der Waals surface area contributed by atoms with Gasteiger partial charge in [-0.15, -0.1) is 10.2 Å². The van der Waals surface area contributed by atoms with Gasteiger partial charge in [0.1, 0.15) is 0 Å². The van der Waals surface area contributed by atoms with Gasteiger partial charge in [0.25, 0.3) is 0 Å². The Balaban J connectivity index is 2.07. The van der Waals surface area contributed by atoms with Gasteiger partial charge in [-0.3, -0.25) is 0 Å². The number of rotatable bonds is 5. The zero-order valence-corrected chi connectivity index (χ0v) is 14.8. The van der Waals surface area contributed by atoms with E-state index < -0.39 is 10.0 Å². The van der Waals surface area contributed by atoms with E-state index in [2.05, 4.69) is 31.0 Å². The van der Waals surface area contributed by atoms with Crippen LogP contribution in [0, 0.1) is 5.41 Å². The molecule has 1 unspecified atom stereocenters. The summed E-state index contributed by atoms with van der Waals surface area (Å²) in [7, 11) is -3.15. The molecular weight excluding hydrogens is 302 g/mol. The van der Waals surface area contributed by atoms with Crippen molar-refractivity contribution >= 4 is 10.0 Å². The fraction of sp³-hybridized carbons (Fsp3) is 0.867. The van der Waals surface area contributed by atoms with Crippen molar-refractivity contribution in [2.75, 3.05) is 18.8 Å². The number of piperidine rings is 1. The van der Waals surface area contributed by atoms with Gasteiger partial charge in [0.05, 0.1) is 11.7 Å². The van der Waals surface area contributed by atoms with Crippen molar-refractivity contribution in [1.82, 2.24) is 14.5 Å². The minimum absolute atomic E-state index is 0.0154. The molecule has 0 amide bonds. The second-order valence-corrected chi connectivity index (χ2v) is 9.37. The third-order valence-electron chi connectivity index (χ3n) is 3.75. The molecule has 0 aromatic carbocycles. The molecule has 2 rings (SSSR count). The highest BCUT2D eigenvalue weighted by molar-refractivity contribution is 7.89. The molecular formula is C15H27N3O3S. The van der Waals surface area contributed by atoms with Gasteiger partial charge in [-0.1, -0.05) is 27.7 Å². The maximum atomic E-state index is 12.2. The molecule has 1 aliphatic rings. The molecule has 7 heteroatoms. The average Bonchev–Trinajstić information content (AvgIpc) is 2.85. The van der Waals surface area contributed by atoms with Crippen LogP contribution in [-0.2, 0) is 16.4 Å². The van der Waals surface area contributed by atoms with Crippen LogP contribution in [0.3, 0.4) is 0 Å². The minimum atomic E-state index is -3.15. The van der Waals surface area contributed by atoms with Gasteiger partial charge in [-0.25, -0.2) is 12.7 Å². The van der Waals surface area contributed by atoms with Crippen molar-refractivity contribution in [2.45, 2.75) is 59.3 Å². The summed E-state index contributed by atoms with van der Waals surface area (Å²) in [6.07, 6.45) is 3.10. The zero-order valence-electron chi connectivity index (χ0n) is 14.0. The van der Waals surface area contributed by atoms with E-state index in [9.17, 15) is 8.42 Å². The molecule has 1 atom stereocenters. The summed E-state index contributed by atoms with van der Waals surface area (Å²) >= 11 is 0. The Bertz CT molecular complexity index is 589. The van der Waals surface area contributed by atoms with Crippen LogP contribution in [0.5, 0.6) is 0 Å². The average molecular weight is 329 g/mol. The predicted octanol–water partition coefficient (Wildman–Crippen LogP) is 2.58. The molecule has 0 spiro atoms. The molecule has 2 heterocycles. The van der Waals surface area contributed by atoms with E-state index >= 15 is 0 Å². The lowest BCUT2D eigenvalue weighted by atomic mass is 9.92. The normalized spacial score (nSPS) is 21.2. The molecule has 0 saturated carbocycles. The van der Waals surface area contributed by atoms with Gasteiger partial charge in [0.2, 0.25) is 21.8 Å². The smallest absolute Gasteiger partial charge is 0.220 e. The fourth-order valence-corrected chi connectivity index (χ4v) is 4.33. The molecule has 126 valence electrons. The Hall–Kier alpha value is -0.950. The first kappa shape index (κ1) is 17.4. The molecule has 1 aromatic heterocycles. The molecule has 1 saturated heterocycles. The van der Waals surface area contributed by atoms with Crippen molar-refractivity contribution in [1.29, 1.82) is 0 Å². The van der Waals surface area contributed by atoms with E-state index in [0.29, 0.717) is 31.3 Å². The van der Waals surface area contributed by atoms with Gasteiger partial charge >= 0.3 is 0 Å². The number of hydrogen-bond donors (Lipinski definition) is 0. The lowest BCUT2D eigenvalue weighted by Gasteiger charge is -2.30. The summed E-state index contributed by atoms with van der Waals surface area (Å²) in [5, 5.41) is 8.26. The molecule has 1 fully saturated rings. The summed E-state index contributed by atoms with van der Waals surface area (Å²) in [5.74, 6) is 1.44. The quantitative estimate of drug-likeness (QED) is 0.830. The Morgan fingerprint density at radius 1 is 1.32 bits per heavy atom. The molecule has 22 heavy (non-hydrogen) atoms. The third-order valence-corrected chi connectivity index (χ3v) is 5.80. The largest absolute Gasteiger partial charge is 0.425 e. The fourth-order valence-electron chi connectivity index (χ4n) is 2.74. The van der Waals surface area contributed by atoms with E-state index in [-0.39, 0.29) is 17.1 Å². The Morgan fingerprint density at radius 3 is 2.68 bits per heavy atom. The summed E-state index contributed by atoms with van der Waals surface area (Å²) in [6, 6.07) is 0. The van der Waals surface area contributed by atoms with Gasteiger partial charge in [-0.2, -0.15) is 0 Å². The SMILES string of the molecule is CCCS(=O)(=O)N1CCCC(c2nnc(CC(C)(C)C)o2)C1. The van der Waals surface area contributed by atoms with Crippen LogP contribution in [-0.4, -0.2) is 41.8 Å². The molecule has 0 radical (unpaired) electrons. The first-order valence-corrected chi connectivity index (χ1v) is 9.62. The highest BCUT2D eigenvalue weighted by Gasteiger charge is 2.32. The van der Waals surface area contributed by atoms with E-state index in [4.69, 9.17) is 4.42 Å². The van der Waals surface area contributed by atoms with Gasteiger partial charge in [-0.05, 0) is 24.7 Å². The second-order valence-electron chi connectivity index (χ2n) is 7.28.